The molecule has 0 fully saturated rings. The predicted molar refractivity (Wildman–Crippen MR) is 94.9 cm³/mol. The third-order valence-electron chi connectivity index (χ3n) is 3.19. The average molecular weight is 295 g/mol. The maximum Gasteiger partial charge on any atom is 0.0629 e. The number of aliphatic imine (C=N–C) groups is 1. The van der Waals surface area contributed by atoms with Crippen LogP contribution in [0.2, 0.25) is 0 Å². The van der Waals surface area contributed by atoms with Gasteiger partial charge in [0, 0.05) is 19.3 Å². The van der Waals surface area contributed by atoms with Gasteiger partial charge in [0.1, 0.15) is 0 Å². The molecule has 0 saturated heterocycles. The molecule has 0 unspecified atom stereocenters. The van der Waals surface area contributed by atoms with Crippen molar-refractivity contribution >= 4 is 11.9 Å². The maximum atomic E-state index is 4.56. The highest BCUT2D eigenvalue weighted by molar-refractivity contribution is 5.82. The summed E-state index contributed by atoms with van der Waals surface area (Å²) < 4.78 is 0. The molecular weight excluding hydrogens is 270 g/mol. The Balaban J connectivity index is 2.26. The van der Waals surface area contributed by atoms with Crippen molar-refractivity contribution in [1.82, 2.24) is 9.80 Å². The summed E-state index contributed by atoms with van der Waals surface area (Å²) in [6, 6.07) is 16.8. The molecule has 0 N–H and O–H groups in total. The van der Waals surface area contributed by atoms with E-state index in [-0.39, 0.29) is 0 Å². The van der Waals surface area contributed by atoms with Crippen LogP contribution < -0.4 is 0 Å². The summed E-state index contributed by atoms with van der Waals surface area (Å²) in [5.41, 5.74) is 4.77. The molecule has 0 saturated carbocycles. The van der Waals surface area contributed by atoms with Gasteiger partial charge in [-0.05, 0) is 69.1 Å². The average Bonchev–Trinajstić information content (AvgIpc) is 2.44. The fraction of sp³-hybridized carbons (Fsp3) is 0.316. The number of benzene rings is 2. The van der Waals surface area contributed by atoms with Crippen LogP contribution in [0, 0.1) is 0 Å². The van der Waals surface area contributed by atoms with Gasteiger partial charge in [-0.3, -0.25) is 4.99 Å². The van der Waals surface area contributed by atoms with Gasteiger partial charge in [-0.2, -0.15) is 0 Å². The van der Waals surface area contributed by atoms with Crippen LogP contribution in [-0.2, 0) is 13.1 Å². The molecule has 3 heteroatoms. The molecule has 22 heavy (non-hydrogen) atoms. The van der Waals surface area contributed by atoms with Crippen molar-refractivity contribution in [3.05, 3.63) is 65.2 Å². The standard InChI is InChI=1S/C19H25N3/c1-21(2)14-17-10-16(11-18(12-17)15-22(3)4)13-20-19-8-6-5-7-9-19/h5-13H,14-15H2,1-4H3. The van der Waals surface area contributed by atoms with Crippen LogP contribution in [-0.4, -0.2) is 44.2 Å². The van der Waals surface area contributed by atoms with Crippen molar-refractivity contribution in [2.24, 2.45) is 4.99 Å². The second-order valence-corrected chi connectivity index (χ2v) is 6.15. The van der Waals surface area contributed by atoms with E-state index in [0.29, 0.717) is 0 Å². The van der Waals surface area contributed by atoms with Crippen LogP contribution in [0.3, 0.4) is 0 Å². The van der Waals surface area contributed by atoms with E-state index in [9.17, 15) is 0 Å². The Labute approximate surface area is 133 Å². The highest BCUT2D eigenvalue weighted by Gasteiger charge is 2.03. The first kappa shape index (κ1) is 16.4. The number of hydrogen-bond donors (Lipinski definition) is 0. The third kappa shape index (κ3) is 5.43. The molecule has 0 amide bonds. The summed E-state index contributed by atoms with van der Waals surface area (Å²) in [5.74, 6) is 0. The number of nitrogens with zero attached hydrogens (tertiary/aromatic N) is 3. The quantitative estimate of drug-likeness (QED) is 0.759. The van der Waals surface area contributed by atoms with Gasteiger partial charge in [0.2, 0.25) is 0 Å². The van der Waals surface area contributed by atoms with Crippen LogP contribution in [0.4, 0.5) is 5.69 Å². The van der Waals surface area contributed by atoms with E-state index in [1.165, 1.54) is 11.1 Å². The zero-order valence-electron chi connectivity index (χ0n) is 14.0. The number of hydrogen-bond acceptors (Lipinski definition) is 3. The van der Waals surface area contributed by atoms with Gasteiger partial charge in [0.25, 0.3) is 0 Å². The van der Waals surface area contributed by atoms with Crippen LogP contribution in [0.5, 0.6) is 0 Å². The van der Waals surface area contributed by atoms with Gasteiger partial charge >= 0.3 is 0 Å². The Kier molecular flexibility index (Phi) is 5.87. The zero-order chi connectivity index (χ0) is 15.9. The Hall–Kier alpha value is -1.97. The van der Waals surface area contributed by atoms with Crippen LogP contribution in [0.25, 0.3) is 0 Å². The van der Waals surface area contributed by atoms with E-state index in [1.807, 2.05) is 36.5 Å². The molecule has 0 aliphatic heterocycles. The van der Waals surface area contributed by atoms with Crippen molar-refractivity contribution in [3.8, 4) is 0 Å². The molecule has 2 rings (SSSR count). The Morgan fingerprint density at radius 2 is 1.36 bits per heavy atom. The SMILES string of the molecule is CN(C)Cc1cc(C=Nc2ccccc2)cc(CN(C)C)c1. The normalized spacial score (nSPS) is 11.7. The van der Waals surface area contributed by atoms with Crippen LogP contribution in [0.15, 0.2) is 53.5 Å². The Morgan fingerprint density at radius 1 is 0.818 bits per heavy atom. The highest BCUT2D eigenvalue weighted by Crippen LogP contribution is 2.14. The van der Waals surface area contributed by atoms with Crippen LogP contribution in [0.1, 0.15) is 16.7 Å². The topological polar surface area (TPSA) is 18.8 Å². The molecule has 0 aromatic heterocycles. The number of para-hydroxylation sites is 1. The lowest BCUT2D eigenvalue weighted by atomic mass is 10.1. The van der Waals surface area contributed by atoms with Crippen molar-refractivity contribution in [2.45, 2.75) is 13.1 Å². The third-order valence-corrected chi connectivity index (χ3v) is 3.19. The lowest BCUT2D eigenvalue weighted by molar-refractivity contribution is 0.395. The van der Waals surface area contributed by atoms with Crippen molar-refractivity contribution in [3.63, 3.8) is 0 Å². The van der Waals surface area contributed by atoms with Crippen LogP contribution >= 0.6 is 0 Å². The molecule has 0 radical (unpaired) electrons. The predicted octanol–water partition coefficient (Wildman–Crippen LogP) is 3.56. The zero-order valence-corrected chi connectivity index (χ0v) is 14.0. The molecule has 0 bridgehead atoms. The van der Waals surface area contributed by atoms with E-state index in [1.54, 1.807) is 0 Å². The molecule has 2 aromatic rings. The first-order valence-electron chi connectivity index (χ1n) is 7.54. The minimum absolute atomic E-state index is 0.938. The fourth-order valence-corrected chi connectivity index (χ4v) is 2.44. The molecule has 0 atom stereocenters. The summed E-state index contributed by atoms with van der Waals surface area (Å²) in [6.45, 7) is 1.88. The molecule has 0 heterocycles. The summed E-state index contributed by atoms with van der Waals surface area (Å²) >= 11 is 0. The van der Waals surface area contributed by atoms with E-state index in [0.717, 1.165) is 24.3 Å². The highest BCUT2D eigenvalue weighted by atomic mass is 15.1. The summed E-state index contributed by atoms with van der Waals surface area (Å²) in [7, 11) is 8.37. The largest absolute Gasteiger partial charge is 0.305 e. The first-order chi connectivity index (χ1) is 10.5. The summed E-state index contributed by atoms with van der Waals surface area (Å²) in [5, 5.41) is 0. The van der Waals surface area contributed by atoms with E-state index in [4.69, 9.17) is 0 Å². The number of rotatable bonds is 6. The fourth-order valence-electron chi connectivity index (χ4n) is 2.44. The summed E-state index contributed by atoms with van der Waals surface area (Å²) in [6.07, 6.45) is 1.95. The molecule has 3 nitrogen and oxygen atoms in total. The molecule has 0 aliphatic carbocycles. The van der Waals surface area contributed by atoms with Crippen molar-refractivity contribution in [2.75, 3.05) is 28.2 Å². The Bertz CT molecular complexity index is 588. The van der Waals surface area contributed by atoms with Gasteiger partial charge in [0.15, 0.2) is 0 Å². The van der Waals surface area contributed by atoms with Gasteiger partial charge in [-0.15, -0.1) is 0 Å². The van der Waals surface area contributed by atoms with Gasteiger partial charge in [0.05, 0.1) is 5.69 Å². The van der Waals surface area contributed by atoms with Crippen molar-refractivity contribution in [1.29, 1.82) is 0 Å². The molecule has 0 spiro atoms. The second kappa shape index (κ2) is 7.87. The molecule has 0 aliphatic rings. The maximum absolute atomic E-state index is 4.56. The van der Waals surface area contributed by atoms with Crippen molar-refractivity contribution < 1.29 is 0 Å². The molecule has 2 aromatic carbocycles. The van der Waals surface area contributed by atoms with Gasteiger partial charge in [-0.25, -0.2) is 0 Å². The minimum Gasteiger partial charge on any atom is -0.305 e. The lowest BCUT2D eigenvalue weighted by Crippen LogP contribution is -2.13. The molecular formula is C19H25N3. The summed E-state index contributed by atoms with van der Waals surface area (Å²) in [4.78, 5) is 8.94. The van der Waals surface area contributed by atoms with E-state index in [2.05, 4.69) is 61.2 Å². The van der Waals surface area contributed by atoms with E-state index < -0.39 is 0 Å². The minimum atomic E-state index is 0.938. The molecule has 116 valence electrons. The smallest absolute Gasteiger partial charge is 0.0629 e. The lowest BCUT2D eigenvalue weighted by Gasteiger charge is -2.14. The second-order valence-electron chi connectivity index (χ2n) is 6.15. The van der Waals surface area contributed by atoms with Gasteiger partial charge < -0.3 is 9.80 Å². The Morgan fingerprint density at radius 3 is 1.86 bits per heavy atom. The van der Waals surface area contributed by atoms with Gasteiger partial charge in [-0.1, -0.05) is 24.3 Å². The monoisotopic (exact) mass is 295 g/mol. The first-order valence-corrected chi connectivity index (χ1v) is 7.54. The van der Waals surface area contributed by atoms with E-state index >= 15 is 0 Å².